The smallest absolute Gasteiger partial charge is 0.155 e. The SMILES string of the molecule is C[C@@H]1CC2=CC(=O)CCC2C2C(=O)C[C@]3(C)C(=O)CCC3C21. The van der Waals surface area contributed by atoms with Crippen molar-refractivity contribution in [2.45, 2.75) is 52.4 Å². The second-order valence-electron chi connectivity index (χ2n) is 8.24. The maximum absolute atomic E-state index is 12.9. The zero-order chi connectivity index (χ0) is 15.6. The fourth-order valence-electron chi connectivity index (χ4n) is 6.13. The molecule has 0 amide bonds. The molecule has 3 saturated carbocycles. The molecule has 4 aliphatic carbocycles. The second-order valence-corrected chi connectivity index (χ2v) is 8.24. The first kappa shape index (κ1) is 14.3. The third kappa shape index (κ3) is 1.77. The standard InChI is InChI=1S/C19H24O3/c1-10-7-11-8-12(20)3-4-13(11)18-15(21)9-19(2)14(17(10)18)5-6-16(19)22/h8,10,13-14,17-18H,3-7,9H2,1-2H3/t10-,13?,14?,17?,18?,19+/m1/s1. The fraction of sp³-hybridized carbons (Fsp3) is 0.737. The van der Waals surface area contributed by atoms with Gasteiger partial charge in [-0.1, -0.05) is 19.4 Å². The van der Waals surface area contributed by atoms with Crippen LogP contribution in [0, 0.1) is 35.0 Å². The van der Waals surface area contributed by atoms with Crippen molar-refractivity contribution in [2.24, 2.45) is 35.0 Å². The first-order valence-electron chi connectivity index (χ1n) is 8.71. The Balaban J connectivity index is 1.76. The summed E-state index contributed by atoms with van der Waals surface area (Å²) in [6.45, 7) is 4.25. The Hall–Kier alpha value is -1.25. The van der Waals surface area contributed by atoms with Crippen LogP contribution in [-0.2, 0) is 14.4 Å². The molecule has 0 spiro atoms. The number of ketones is 3. The summed E-state index contributed by atoms with van der Waals surface area (Å²) in [5, 5.41) is 0. The average molecular weight is 300 g/mol. The van der Waals surface area contributed by atoms with Crippen LogP contribution in [0.25, 0.3) is 0 Å². The van der Waals surface area contributed by atoms with Gasteiger partial charge in [-0.3, -0.25) is 14.4 Å². The van der Waals surface area contributed by atoms with Gasteiger partial charge in [0.2, 0.25) is 0 Å². The summed E-state index contributed by atoms with van der Waals surface area (Å²) in [4.78, 5) is 37.1. The van der Waals surface area contributed by atoms with Crippen molar-refractivity contribution >= 4 is 17.3 Å². The van der Waals surface area contributed by atoms with E-state index in [2.05, 4.69) is 6.92 Å². The van der Waals surface area contributed by atoms with Crippen molar-refractivity contribution in [3.63, 3.8) is 0 Å². The number of carbonyl (C=O) groups excluding carboxylic acids is 3. The Bertz CT molecular complexity index is 602. The van der Waals surface area contributed by atoms with Gasteiger partial charge in [0.1, 0.15) is 11.6 Å². The highest BCUT2D eigenvalue weighted by atomic mass is 16.1. The molecule has 4 rings (SSSR count). The van der Waals surface area contributed by atoms with E-state index in [1.165, 1.54) is 5.57 Å². The lowest BCUT2D eigenvalue weighted by Gasteiger charge is -2.53. The molecule has 0 aromatic heterocycles. The van der Waals surface area contributed by atoms with Gasteiger partial charge in [-0.2, -0.15) is 0 Å². The Labute approximate surface area is 131 Å². The summed E-state index contributed by atoms with van der Waals surface area (Å²) >= 11 is 0. The first-order valence-corrected chi connectivity index (χ1v) is 8.71. The fourth-order valence-corrected chi connectivity index (χ4v) is 6.13. The zero-order valence-corrected chi connectivity index (χ0v) is 13.4. The van der Waals surface area contributed by atoms with Crippen LogP contribution in [0.2, 0.25) is 0 Å². The average Bonchev–Trinajstić information content (AvgIpc) is 2.74. The maximum Gasteiger partial charge on any atom is 0.155 e. The molecule has 4 aliphatic rings. The summed E-state index contributed by atoms with van der Waals surface area (Å²) < 4.78 is 0. The second kappa shape index (κ2) is 4.62. The minimum absolute atomic E-state index is 0.0621. The van der Waals surface area contributed by atoms with E-state index in [4.69, 9.17) is 0 Å². The molecule has 4 unspecified atom stereocenters. The summed E-state index contributed by atoms with van der Waals surface area (Å²) in [7, 11) is 0. The summed E-state index contributed by atoms with van der Waals surface area (Å²) in [6, 6.07) is 0. The van der Waals surface area contributed by atoms with Crippen LogP contribution in [0.1, 0.15) is 52.4 Å². The molecule has 3 heteroatoms. The molecule has 6 atom stereocenters. The van der Waals surface area contributed by atoms with Gasteiger partial charge in [-0.05, 0) is 49.0 Å². The van der Waals surface area contributed by atoms with E-state index in [0.717, 1.165) is 19.3 Å². The predicted octanol–water partition coefficient (Wildman–Crippen LogP) is 3.12. The highest BCUT2D eigenvalue weighted by molar-refractivity contribution is 5.96. The van der Waals surface area contributed by atoms with Gasteiger partial charge < -0.3 is 0 Å². The summed E-state index contributed by atoms with van der Waals surface area (Å²) in [5.41, 5.74) is 0.810. The molecule has 0 bridgehead atoms. The lowest BCUT2D eigenvalue weighted by atomic mass is 9.49. The van der Waals surface area contributed by atoms with Gasteiger partial charge in [-0.25, -0.2) is 0 Å². The molecule has 0 aromatic rings. The molecule has 0 radical (unpaired) electrons. The van der Waals surface area contributed by atoms with Gasteiger partial charge >= 0.3 is 0 Å². The van der Waals surface area contributed by atoms with Crippen molar-refractivity contribution in [2.75, 3.05) is 0 Å². The lowest BCUT2D eigenvalue weighted by molar-refractivity contribution is -0.148. The van der Waals surface area contributed by atoms with Crippen molar-refractivity contribution in [1.29, 1.82) is 0 Å². The molecule has 3 fully saturated rings. The van der Waals surface area contributed by atoms with Crippen molar-refractivity contribution < 1.29 is 14.4 Å². The van der Waals surface area contributed by atoms with Crippen LogP contribution in [-0.4, -0.2) is 17.3 Å². The number of carbonyl (C=O) groups is 3. The van der Waals surface area contributed by atoms with Crippen molar-refractivity contribution in [1.82, 2.24) is 0 Å². The molecule has 22 heavy (non-hydrogen) atoms. The lowest BCUT2D eigenvalue weighted by Crippen LogP contribution is -2.53. The first-order chi connectivity index (χ1) is 10.4. The van der Waals surface area contributed by atoms with E-state index in [-0.39, 0.29) is 23.4 Å². The highest BCUT2D eigenvalue weighted by Gasteiger charge is 2.60. The Morgan fingerprint density at radius 2 is 1.91 bits per heavy atom. The summed E-state index contributed by atoms with van der Waals surface area (Å²) in [5.74, 6) is 2.26. The van der Waals surface area contributed by atoms with Gasteiger partial charge in [0, 0.05) is 30.6 Å². The van der Waals surface area contributed by atoms with Gasteiger partial charge in [0.25, 0.3) is 0 Å². The van der Waals surface area contributed by atoms with Gasteiger partial charge in [0.05, 0.1) is 0 Å². The summed E-state index contributed by atoms with van der Waals surface area (Å²) in [6.07, 6.45) is 6.21. The number of hydrogen-bond donors (Lipinski definition) is 0. The Morgan fingerprint density at radius 1 is 1.14 bits per heavy atom. The number of rotatable bonds is 0. The van der Waals surface area contributed by atoms with E-state index < -0.39 is 5.41 Å². The topological polar surface area (TPSA) is 51.2 Å². The van der Waals surface area contributed by atoms with Crippen molar-refractivity contribution in [3.8, 4) is 0 Å². The molecule has 0 heterocycles. The third-order valence-corrected chi connectivity index (χ3v) is 7.10. The Kier molecular flexibility index (Phi) is 3.02. The van der Waals surface area contributed by atoms with Crippen molar-refractivity contribution in [3.05, 3.63) is 11.6 Å². The predicted molar refractivity (Wildman–Crippen MR) is 82.0 cm³/mol. The monoisotopic (exact) mass is 300 g/mol. The van der Waals surface area contributed by atoms with Gasteiger partial charge in [-0.15, -0.1) is 0 Å². The van der Waals surface area contributed by atoms with Crippen LogP contribution >= 0.6 is 0 Å². The number of hydrogen-bond acceptors (Lipinski definition) is 3. The number of Topliss-reactive ketones (excluding diaryl/α,β-unsaturated/α-hetero) is 2. The zero-order valence-electron chi connectivity index (χ0n) is 13.4. The molecule has 0 aliphatic heterocycles. The highest BCUT2D eigenvalue weighted by Crippen LogP contribution is 2.60. The quantitative estimate of drug-likeness (QED) is 0.690. The maximum atomic E-state index is 12.9. The Morgan fingerprint density at radius 3 is 2.68 bits per heavy atom. The van der Waals surface area contributed by atoms with Gasteiger partial charge in [0.15, 0.2) is 5.78 Å². The minimum atomic E-state index is -0.405. The molecule has 3 nitrogen and oxygen atoms in total. The minimum Gasteiger partial charge on any atom is -0.299 e. The van der Waals surface area contributed by atoms with Crippen LogP contribution in [0.4, 0.5) is 0 Å². The largest absolute Gasteiger partial charge is 0.299 e. The number of allylic oxidation sites excluding steroid dienone is 1. The molecule has 0 N–H and O–H groups in total. The van der Waals surface area contributed by atoms with E-state index >= 15 is 0 Å². The molecular formula is C19H24O3. The molecule has 0 aromatic carbocycles. The third-order valence-electron chi connectivity index (χ3n) is 7.10. The molecule has 118 valence electrons. The normalized spacial score (nSPS) is 47.6. The number of fused-ring (bicyclic) bond motifs is 5. The molecular weight excluding hydrogens is 276 g/mol. The van der Waals surface area contributed by atoms with Crippen LogP contribution < -0.4 is 0 Å². The van der Waals surface area contributed by atoms with E-state index in [9.17, 15) is 14.4 Å². The van der Waals surface area contributed by atoms with Crippen LogP contribution in [0.5, 0.6) is 0 Å². The van der Waals surface area contributed by atoms with Crippen LogP contribution in [0.3, 0.4) is 0 Å². The van der Waals surface area contributed by atoms with E-state index in [1.807, 2.05) is 13.0 Å². The molecule has 0 saturated heterocycles. The van der Waals surface area contributed by atoms with E-state index in [1.54, 1.807) is 0 Å². The van der Waals surface area contributed by atoms with Crippen LogP contribution in [0.15, 0.2) is 11.6 Å². The van der Waals surface area contributed by atoms with E-state index in [0.29, 0.717) is 42.8 Å².